The van der Waals surface area contributed by atoms with E-state index in [0.717, 1.165) is 0 Å². The molecule has 1 saturated heterocycles. The quantitative estimate of drug-likeness (QED) is 0.576. The van der Waals surface area contributed by atoms with Gasteiger partial charge in [-0.05, 0) is 13.3 Å². The van der Waals surface area contributed by atoms with Gasteiger partial charge >= 0.3 is 0 Å². The zero-order valence-electron chi connectivity index (χ0n) is 9.32. The zero-order valence-corrected chi connectivity index (χ0v) is 9.32. The molecular formula is C10H20N2O3. The molecule has 0 spiro atoms. The maximum absolute atomic E-state index is 11.9. The lowest BCUT2D eigenvalue weighted by molar-refractivity contribution is -0.131. The van der Waals surface area contributed by atoms with E-state index in [4.69, 9.17) is 15.6 Å². The monoisotopic (exact) mass is 216 g/mol. The van der Waals surface area contributed by atoms with Crippen LogP contribution in [0, 0.1) is 5.41 Å². The fraction of sp³-hybridized carbons (Fsp3) is 0.900. The van der Waals surface area contributed by atoms with Gasteiger partial charge in [0.05, 0.1) is 31.3 Å². The molecule has 1 aliphatic heterocycles. The van der Waals surface area contributed by atoms with Crippen molar-refractivity contribution in [1.82, 2.24) is 5.32 Å². The number of nitrogens with one attached hydrogen (secondary N) is 1. The Labute approximate surface area is 90.0 Å². The summed E-state index contributed by atoms with van der Waals surface area (Å²) < 4.78 is 5.19. The Hall–Kier alpha value is -0.650. The molecule has 1 fully saturated rings. The molecule has 88 valence electrons. The van der Waals surface area contributed by atoms with Crippen LogP contribution >= 0.6 is 0 Å². The van der Waals surface area contributed by atoms with Crippen LogP contribution in [0.2, 0.25) is 0 Å². The molecule has 5 nitrogen and oxygen atoms in total. The number of aliphatic hydroxyl groups is 1. The first-order chi connectivity index (χ1) is 7.04. The Morgan fingerprint density at radius 2 is 2.47 bits per heavy atom. The largest absolute Gasteiger partial charge is 0.394 e. The van der Waals surface area contributed by atoms with Gasteiger partial charge < -0.3 is 20.9 Å². The minimum Gasteiger partial charge on any atom is -0.394 e. The second-order valence-electron chi connectivity index (χ2n) is 4.30. The van der Waals surface area contributed by atoms with Gasteiger partial charge in [-0.2, -0.15) is 0 Å². The molecular weight excluding hydrogens is 196 g/mol. The van der Waals surface area contributed by atoms with E-state index in [0.29, 0.717) is 19.6 Å². The first-order valence-corrected chi connectivity index (χ1v) is 5.29. The molecule has 0 saturated carbocycles. The van der Waals surface area contributed by atoms with Crippen LogP contribution in [0.25, 0.3) is 0 Å². The average molecular weight is 216 g/mol. The molecule has 0 aliphatic carbocycles. The third kappa shape index (κ3) is 2.48. The van der Waals surface area contributed by atoms with Crippen molar-refractivity contribution in [2.75, 3.05) is 19.8 Å². The van der Waals surface area contributed by atoms with E-state index in [1.807, 2.05) is 6.92 Å². The molecule has 2 unspecified atom stereocenters. The summed E-state index contributed by atoms with van der Waals surface area (Å²) in [5, 5.41) is 11.8. The molecule has 15 heavy (non-hydrogen) atoms. The SMILES string of the molecule is CC[C@H](CO)NC(=O)C1(C)COCC1N. The fourth-order valence-corrected chi connectivity index (χ4v) is 1.55. The highest BCUT2D eigenvalue weighted by Gasteiger charge is 2.44. The molecule has 0 aromatic carbocycles. The summed E-state index contributed by atoms with van der Waals surface area (Å²) in [7, 11) is 0. The third-order valence-corrected chi connectivity index (χ3v) is 3.08. The van der Waals surface area contributed by atoms with Crippen molar-refractivity contribution in [2.45, 2.75) is 32.4 Å². The second kappa shape index (κ2) is 4.92. The maximum atomic E-state index is 11.9. The van der Waals surface area contributed by atoms with Gasteiger partial charge in [-0.15, -0.1) is 0 Å². The minimum atomic E-state index is -0.664. The van der Waals surface area contributed by atoms with Gasteiger partial charge in [-0.25, -0.2) is 0 Å². The van der Waals surface area contributed by atoms with E-state index < -0.39 is 5.41 Å². The molecule has 0 aromatic rings. The molecule has 0 radical (unpaired) electrons. The summed E-state index contributed by atoms with van der Waals surface area (Å²) >= 11 is 0. The van der Waals surface area contributed by atoms with Crippen molar-refractivity contribution in [2.24, 2.45) is 11.1 Å². The smallest absolute Gasteiger partial charge is 0.230 e. The van der Waals surface area contributed by atoms with Gasteiger partial charge in [0.2, 0.25) is 5.91 Å². The molecule has 1 amide bonds. The average Bonchev–Trinajstić information content (AvgIpc) is 2.57. The van der Waals surface area contributed by atoms with Crippen LogP contribution in [0.5, 0.6) is 0 Å². The fourth-order valence-electron chi connectivity index (χ4n) is 1.55. The number of amides is 1. The van der Waals surface area contributed by atoms with E-state index in [-0.39, 0.29) is 24.6 Å². The number of hydrogen-bond acceptors (Lipinski definition) is 4. The summed E-state index contributed by atoms with van der Waals surface area (Å²) in [4.78, 5) is 11.9. The highest BCUT2D eigenvalue weighted by Crippen LogP contribution is 2.27. The van der Waals surface area contributed by atoms with Crippen LogP contribution in [0.3, 0.4) is 0 Å². The van der Waals surface area contributed by atoms with E-state index in [2.05, 4.69) is 5.32 Å². The number of aliphatic hydroxyl groups excluding tert-OH is 1. The van der Waals surface area contributed by atoms with Crippen molar-refractivity contribution in [3.63, 3.8) is 0 Å². The molecule has 0 bridgehead atoms. The Kier molecular flexibility index (Phi) is 4.07. The molecule has 1 rings (SSSR count). The van der Waals surface area contributed by atoms with Crippen molar-refractivity contribution in [1.29, 1.82) is 0 Å². The van der Waals surface area contributed by atoms with Crippen LogP contribution in [0.4, 0.5) is 0 Å². The van der Waals surface area contributed by atoms with Gasteiger partial charge in [0.15, 0.2) is 0 Å². The Morgan fingerprint density at radius 3 is 2.87 bits per heavy atom. The first-order valence-electron chi connectivity index (χ1n) is 5.29. The highest BCUT2D eigenvalue weighted by atomic mass is 16.5. The molecule has 1 heterocycles. The summed E-state index contributed by atoms with van der Waals surface area (Å²) in [6.07, 6.45) is 0.703. The lowest BCUT2D eigenvalue weighted by atomic mass is 9.84. The predicted molar refractivity (Wildman–Crippen MR) is 56.2 cm³/mol. The van der Waals surface area contributed by atoms with Crippen molar-refractivity contribution in [3.05, 3.63) is 0 Å². The highest BCUT2D eigenvalue weighted by molar-refractivity contribution is 5.83. The Bertz CT molecular complexity index is 231. The van der Waals surface area contributed by atoms with E-state index in [9.17, 15) is 4.79 Å². The molecule has 0 aromatic heterocycles. The van der Waals surface area contributed by atoms with Gasteiger partial charge in [0, 0.05) is 6.04 Å². The van der Waals surface area contributed by atoms with E-state index in [1.165, 1.54) is 0 Å². The molecule has 1 aliphatic rings. The number of carbonyl (C=O) groups excluding carboxylic acids is 1. The molecule has 4 N–H and O–H groups in total. The van der Waals surface area contributed by atoms with Gasteiger partial charge in [0.1, 0.15) is 0 Å². The van der Waals surface area contributed by atoms with Gasteiger partial charge in [-0.3, -0.25) is 4.79 Å². The number of ether oxygens (including phenoxy) is 1. The third-order valence-electron chi connectivity index (χ3n) is 3.08. The van der Waals surface area contributed by atoms with Crippen molar-refractivity contribution >= 4 is 5.91 Å². The zero-order chi connectivity index (χ0) is 11.5. The summed E-state index contributed by atoms with van der Waals surface area (Å²) in [5.41, 5.74) is 5.16. The van der Waals surface area contributed by atoms with Crippen molar-refractivity contribution in [3.8, 4) is 0 Å². The Balaban J connectivity index is 2.59. The van der Waals surface area contributed by atoms with Crippen LogP contribution in [0.15, 0.2) is 0 Å². The number of hydrogen-bond donors (Lipinski definition) is 3. The Morgan fingerprint density at radius 1 is 1.80 bits per heavy atom. The number of rotatable bonds is 4. The summed E-state index contributed by atoms with van der Waals surface area (Å²) in [6, 6.07) is -0.462. The van der Waals surface area contributed by atoms with Crippen LogP contribution in [-0.2, 0) is 9.53 Å². The van der Waals surface area contributed by atoms with Gasteiger partial charge in [-0.1, -0.05) is 6.92 Å². The van der Waals surface area contributed by atoms with E-state index in [1.54, 1.807) is 6.92 Å². The lowest BCUT2D eigenvalue weighted by Gasteiger charge is -2.27. The lowest BCUT2D eigenvalue weighted by Crippen LogP contribution is -2.52. The summed E-state index contributed by atoms with van der Waals surface area (Å²) in [5.74, 6) is -0.131. The van der Waals surface area contributed by atoms with Crippen LogP contribution in [-0.4, -0.2) is 42.9 Å². The summed E-state index contributed by atoms with van der Waals surface area (Å²) in [6.45, 7) is 4.43. The van der Waals surface area contributed by atoms with Gasteiger partial charge in [0.25, 0.3) is 0 Å². The maximum Gasteiger partial charge on any atom is 0.230 e. The topological polar surface area (TPSA) is 84.6 Å². The normalized spacial score (nSPS) is 32.7. The molecule has 5 heteroatoms. The first kappa shape index (κ1) is 12.4. The minimum absolute atomic E-state index is 0.0472. The number of nitrogens with two attached hydrogens (primary N) is 1. The van der Waals surface area contributed by atoms with Crippen LogP contribution < -0.4 is 11.1 Å². The van der Waals surface area contributed by atoms with Crippen molar-refractivity contribution < 1.29 is 14.6 Å². The van der Waals surface area contributed by atoms with E-state index >= 15 is 0 Å². The molecule has 3 atom stereocenters. The standard InChI is InChI=1S/C10H20N2O3/c1-3-7(4-13)12-9(14)10(2)6-15-5-8(10)11/h7-8,13H,3-6,11H2,1-2H3,(H,12,14)/t7-,8?,10?/m1/s1. The predicted octanol–water partition coefficient (Wildman–Crippen LogP) is -0.763. The second-order valence-corrected chi connectivity index (χ2v) is 4.30. The van der Waals surface area contributed by atoms with Crippen LogP contribution in [0.1, 0.15) is 20.3 Å². The number of carbonyl (C=O) groups is 1.